The number of hydrogen-bond acceptors (Lipinski definition) is 4. The summed E-state index contributed by atoms with van der Waals surface area (Å²) in [6.07, 6.45) is 2.25. The molecule has 0 spiro atoms. The fraction of sp³-hybridized carbons (Fsp3) is 0.261. The van der Waals surface area contributed by atoms with Crippen molar-refractivity contribution in [1.29, 1.82) is 0 Å². The number of H-pyrrole nitrogens is 1. The average Bonchev–Trinajstić information content (AvgIpc) is 3.37. The van der Waals surface area contributed by atoms with Gasteiger partial charge in [0.05, 0.1) is 13.0 Å². The maximum atomic E-state index is 12.9. The molecular formula is C23H23N3O4. The van der Waals surface area contributed by atoms with E-state index in [-0.39, 0.29) is 24.8 Å². The quantitative estimate of drug-likeness (QED) is 0.616. The number of nitrogens with one attached hydrogen (secondary N) is 2. The van der Waals surface area contributed by atoms with Gasteiger partial charge in [0.15, 0.2) is 0 Å². The summed E-state index contributed by atoms with van der Waals surface area (Å²) in [6, 6.07) is 16.2. The number of aromatic nitrogens is 1. The second kappa shape index (κ2) is 8.41. The first kappa shape index (κ1) is 19.7. The number of carbonyl (C=O) groups excluding carboxylic acids is 3. The maximum Gasteiger partial charge on any atom is 0.328 e. The van der Waals surface area contributed by atoms with Crippen molar-refractivity contribution in [3.8, 4) is 0 Å². The molecule has 2 amide bonds. The van der Waals surface area contributed by atoms with Crippen LogP contribution in [0.4, 0.5) is 5.69 Å². The molecule has 0 aliphatic carbocycles. The lowest BCUT2D eigenvalue weighted by Gasteiger charge is -2.19. The number of rotatable bonds is 6. The summed E-state index contributed by atoms with van der Waals surface area (Å²) in [5.74, 6) is -1.46. The standard InChI is InChI=1S/C23H23N3O4/c1-30-23(29)20(11-15-13-24-19-10-6-5-9-18(15)19)25-22(28)16-12-21(27)26(14-16)17-7-3-2-4-8-17/h2-10,13,16,20,24H,11-12,14H2,1H3,(H,25,28)/t16-,20+/m1/s1. The Balaban J connectivity index is 1.47. The molecule has 1 aliphatic heterocycles. The number of nitrogens with zero attached hydrogens (tertiary/aromatic N) is 1. The van der Waals surface area contributed by atoms with Crippen molar-refractivity contribution < 1.29 is 19.1 Å². The Kier molecular flexibility index (Phi) is 5.52. The molecule has 4 rings (SSSR count). The fourth-order valence-corrected chi connectivity index (χ4v) is 3.89. The van der Waals surface area contributed by atoms with Gasteiger partial charge in [0.2, 0.25) is 11.8 Å². The zero-order valence-electron chi connectivity index (χ0n) is 16.6. The number of aromatic amines is 1. The topological polar surface area (TPSA) is 91.5 Å². The van der Waals surface area contributed by atoms with Crippen LogP contribution >= 0.6 is 0 Å². The molecule has 1 fully saturated rings. The van der Waals surface area contributed by atoms with Crippen LogP contribution in [0.3, 0.4) is 0 Å². The van der Waals surface area contributed by atoms with E-state index in [4.69, 9.17) is 4.74 Å². The van der Waals surface area contributed by atoms with Crippen molar-refractivity contribution in [2.24, 2.45) is 5.92 Å². The SMILES string of the molecule is COC(=O)[C@H](Cc1c[nH]c2ccccc12)NC(=O)[C@@H]1CC(=O)N(c2ccccc2)C1. The van der Waals surface area contributed by atoms with Gasteiger partial charge >= 0.3 is 5.97 Å². The highest BCUT2D eigenvalue weighted by atomic mass is 16.5. The van der Waals surface area contributed by atoms with E-state index in [1.54, 1.807) is 4.90 Å². The number of methoxy groups -OCH3 is 1. The molecule has 2 atom stereocenters. The molecule has 3 aromatic rings. The number of ether oxygens (including phenoxy) is 1. The summed E-state index contributed by atoms with van der Waals surface area (Å²) in [4.78, 5) is 42.4. The highest BCUT2D eigenvalue weighted by Gasteiger charge is 2.36. The minimum absolute atomic E-state index is 0.104. The van der Waals surface area contributed by atoms with Crippen LogP contribution in [0.5, 0.6) is 0 Å². The Labute approximate surface area is 174 Å². The minimum Gasteiger partial charge on any atom is -0.467 e. The van der Waals surface area contributed by atoms with E-state index in [9.17, 15) is 14.4 Å². The number of benzene rings is 2. The lowest BCUT2D eigenvalue weighted by atomic mass is 10.0. The van der Waals surface area contributed by atoms with E-state index in [1.165, 1.54) is 7.11 Å². The summed E-state index contributed by atoms with van der Waals surface area (Å²) in [5.41, 5.74) is 2.64. The fourth-order valence-electron chi connectivity index (χ4n) is 3.89. The molecule has 7 heteroatoms. The smallest absolute Gasteiger partial charge is 0.328 e. The van der Waals surface area contributed by atoms with Gasteiger partial charge in [-0.15, -0.1) is 0 Å². The van der Waals surface area contributed by atoms with Crippen LogP contribution in [0.15, 0.2) is 60.8 Å². The largest absolute Gasteiger partial charge is 0.467 e. The highest BCUT2D eigenvalue weighted by Crippen LogP contribution is 2.25. The number of anilines is 1. The molecule has 2 aromatic carbocycles. The van der Waals surface area contributed by atoms with Gasteiger partial charge in [-0.3, -0.25) is 9.59 Å². The zero-order valence-corrected chi connectivity index (χ0v) is 16.6. The van der Waals surface area contributed by atoms with Gasteiger partial charge in [-0.2, -0.15) is 0 Å². The first-order valence-corrected chi connectivity index (χ1v) is 9.85. The second-order valence-corrected chi connectivity index (χ2v) is 7.39. The summed E-state index contributed by atoms with van der Waals surface area (Å²) in [7, 11) is 1.30. The zero-order chi connectivity index (χ0) is 21.1. The average molecular weight is 405 g/mol. The number of para-hydroxylation sites is 2. The lowest BCUT2D eigenvalue weighted by Crippen LogP contribution is -2.46. The van der Waals surface area contributed by atoms with E-state index in [0.29, 0.717) is 6.42 Å². The second-order valence-electron chi connectivity index (χ2n) is 7.39. The Morgan fingerprint density at radius 2 is 1.90 bits per heavy atom. The first-order chi connectivity index (χ1) is 14.6. The summed E-state index contributed by atoms with van der Waals surface area (Å²) >= 11 is 0. The molecule has 1 aliphatic rings. The van der Waals surface area contributed by atoms with Crippen molar-refractivity contribution in [2.75, 3.05) is 18.6 Å². The Hall–Kier alpha value is -3.61. The van der Waals surface area contributed by atoms with Gasteiger partial charge in [0.25, 0.3) is 0 Å². The van der Waals surface area contributed by atoms with Crippen LogP contribution in [0.1, 0.15) is 12.0 Å². The molecule has 0 radical (unpaired) electrons. The lowest BCUT2D eigenvalue weighted by molar-refractivity contribution is -0.145. The number of carbonyl (C=O) groups is 3. The van der Waals surface area contributed by atoms with Gasteiger partial charge in [-0.25, -0.2) is 4.79 Å². The third-order valence-electron chi connectivity index (χ3n) is 5.46. The van der Waals surface area contributed by atoms with E-state index in [0.717, 1.165) is 22.2 Å². The molecule has 30 heavy (non-hydrogen) atoms. The van der Waals surface area contributed by atoms with E-state index >= 15 is 0 Å². The van der Waals surface area contributed by atoms with Gasteiger partial charge in [0, 0.05) is 42.2 Å². The summed E-state index contributed by atoms with van der Waals surface area (Å²) in [5, 5.41) is 3.79. The van der Waals surface area contributed by atoms with Crippen LogP contribution in [-0.4, -0.2) is 42.5 Å². The van der Waals surface area contributed by atoms with E-state index < -0.39 is 17.9 Å². The molecule has 0 unspecified atom stereocenters. The van der Waals surface area contributed by atoms with Crippen molar-refractivity contribution in [1.82, 2.24) is 10.3 Å². The molecular weight excluding hydrogens is 382 g/mol. The number of hydrogen-bond donors (Lipinski definition) is 2. The number of esters is 1. The molecule has 154 valence electrons. The Bertz CT molecular complexity index is 1080. The molecule has 7 nitrogen and oxygen atoms in total. The van der Waals surface area contributed by atoms with Crippen molar-refractivity contribution in [3.63, 3.8) is 0 Å². The van der Waals surface area contributed by atoms with Gasteiger partial charge < -0.3 is 19.9 Å². The van der Waals surface area contributed by atoms with Gasteiger partial charge in [-0.1, -0.05) is 36.4 Å². The number of fused-ring (bicyclic) bond motifs is 1. The van der Waals surface area contributed by atoms with Crippen molar-refractivity contribution in [2.45, 2.75) is 18.9 Å². The third kappa shape index (κ3) is 3.91. The predicted molar refractivity (Wildman–Crippen MR) is 113 cm³/mol. The Morgan fingerprint density at radius 1 is 1.17 bits per heavy atom. The molecule has 0 bridgehead atoms. The maximum absolute atomic E-state index is 12.9. The highest BCUT2D eigenvalue weighted by molar-refractivity contribution is 6.01. The molecule has 2 heterocycles. The monoisotopic (exact) mass is 405 g/mol. The summed E-state index contributed by atoms with van der Waals surface area (Å²) in [6.45, 7) is 0.287. The molecule has 1 saturated heterocycles. The van der Waals surface area contributed by atoms with Crippen LogP contribution in [0.25, 0.3) is 10.9 Å². The third-order valence-corrected chi connectivity index (χ3v) is 5.46. The van der Waals surface area contributed by atoms with E-state index in [1.807, 2.05) is 60.8 Å². The molecule has 1 aromatic heterocycles. The normalized spacial score (nSPS) is 17.2. The van der Waals surface area contributed by atoms with Crippen molar-refractivity contribution >= 4 is 34.4 Å². The van der Waals surface area contributed by atoms with Crippen molar-refractivity contribution in [3.05, 3.63) is 66.4 Å². The molecule has 0 saturated carbocycles. The van der Waals surface area contributed by atoms with Crippen LogP contribution in [0, 0.1) is 5.92 Å². The van der Waals surface area contributed by atoms with Gasteiger partial charge in [-0.05, 0) is 23.8 Å². The predicted octanol–water partition coefficient (Wildman–Crippen LogP) is 2.42. The number of amides is 2. The van der Waals surface area contributed by atoms with Crippen LogP contribution in [-0.2, 0) is 25.5 Å². The first-order valence-electron chi connectivity index (χ1n) is 9.85. The minimum atomic E-state index is -0.831. The van der Waals surface area contributed by atoms with E-state index in [2.05, 4.69) is 10.3 Å². The Morgan fingerprint density at radius 3 is 2.67 bits per heavy atom. The van der Waals surface area contributed by atoms with Crippen LogP contribution in [0.2, 0.25) is 0 Å². The van der Waals surface area contributed by atoms with Crippen LogP contribution < -0.4 is 10.2 Å². The van der Waals surface area contributed by atoms with Gasteiger partial charge in [0.1, 0.15) is 6.04 Å². The molecule has 2 N–H and O–H groups in total. The summed E-state index contributed by atoms with van der Waals surface area (Å²) < 4.78 is 4.91.